The second kappa shape index (κ2) is 24.1. The summed E-state index contributed by atoms with van der Waals surface area (Å²) in [5, 5.41) is 5.46. The first kappa shape index (κ1) is 48.3. The number of phosphoric ester groups is 1. The molecule has 3 rings (SSSR count). The smallest absolute Gasteiger partial charge is 0.463 e. The molecule has 22 heteroatoms. The van der Waals surface area contributed by atoms with E-state index in [1.54, 1.807) is 32.1 Å². The molecular weight excluding hydrogens is 790 g/mol. The van der Waals surface area contributed by atoms with Crippen LogP contribution in [-0.2, 0) is 82.1 Å². The van der Waals surface area contributed by atoms with Crippen LogP contribution in [0.25, 0.3) is 0 Å². The van der Waals surface area contributed by atoms with E-state index >= 15 is 0 Å². The number of hydrogen-bond donors (Lipinski definition) is 3. The molecule has 0 spiro atoms. The fourth-order valence-corrected chi connectivity index (χ4v) is 7.14. The Morgan fingerprint density at radius 1 is 0.828 bits per heavy atom. The fourth-order valence-electron chi connectivity index (χ4n) is 6.46. The number of esters is 3. The lowest BCUT2D eigenvalue weighted by atomic mass is 9.82. The molecule has 2 aliphatic rings. The van der Waals surface area contributed by atoms with Crippen molar-refractivity contribution in [1.82, 2.24) is 10.6 Å². The van der Waals surface area contributed by atoms with Crippen LogP contribution in [0.15, 0.2) is 30.3 Å². The Hall–Kier alpha value is -4.11. The molecule has 2 amide bonds. The number of phosphoric acid groups is 1. The number of hydrogen-bond acceptors (Lipinski definition) is 17. The molecule has 2 aliphatic heterocycles. The van der Waals surface area contributed by atoms with Crippen LogP contribution in [0.5, 0.6) is 0 Å². The zero-order chi connectivity index (χ0) is 42.8. The Kier molecular flexibility index (Phi) is 20.0. The molecule has 20 nitrogen and oxygen atoms in total. The average Bonchev–Trinajstić information content (AvgIpc) is 3.44. The van der Waals surface area contributed by atoms with Crippen LogP contribution in [-0.4, -0.2) is 131 Å². The normalized spacial score (nSPS) is 26.3. The maximum Gasteiger partial charge on any atom is 0.508 e. The molecule has 1 aromatic rings. The highest BCUT2D eigenvalue weighted by molar-refractivity contribution is 7.47. The number of amides is 2. The lowest BCUT2D eigenvalue weighted by Gasteiger charge is -2.44. The lowest BCUT2D eigenvalue weighted by Crippen LogP contribution is -2.66. The second-order valence-corrected chi connectivity index (χ2v) is 15.2. The Morgan fingerprint density at radius 2 is 1.48 bits per heavy atom. The van der Waals surface area contributed by atoms with Crippen LogP contribution in [0.2, 0.25) is 0 Å². The molecular formula is C36H54BN2O18P. The van der Waals surface area contributed by atoms with E-state index in [1.807, 2.05) is 6.07 Å². The van der Waals surface area contributed by atoms with E-state index in [9.17, 15) is 38.2 Å². The van der Waals surface area contributed by atoms with Gasteiger partial charge in [-0.3, -0.25) is 33.0 Å². The first-order valence-electron chi connectivity index (χ1n) is 18.8. The van der Waals surface area contributed by atoms with Gasteiger partial charge in [-0.1, -0.05) is 30.3 Å². The van der Waals surface area contributed by atoms with Crippen molar-refractivity contribution in [2.75, 3.05) is 33.5 Å². The van der Waals surface area contributed by atoms with Gasteiger partial charge in [0.05, 0.1) is 0 Å². The van der Waals surface area contributed by atoms with Crippen molar-refractivity contribution in [2.45, 2.75) is 115 Å². The molecule has 2 saturated heterocycles. The van der Waals surface area contributed by atoms with Gasteiger partial charge in [-0.15, -0.1) is 0 Å². The summed E-state index contributed by atoms with van der Waals surface area (Å²) in [6.07, 6.45) is -5.86. The summed E-state index contributed by atoms with van der Waals surface area (Å²) in [6, 6.07) is 7.44. The third-order valence-corrected chi connectivity index (χ3v) is 9.99. The zero-order valence-corrected chi connectivity index (χ0v) is 34.4. The van der Waals surface area contributed by atoms with Crippen molar-refractivity contribution in [3.63, 3.8) is 0 Å². The van der Waals surface area contributed by atoms with Crippen molar-refractivity contribution in [3.05, 3.63) is 35.9 Å². The monoisotopic (exact) mass is 844 g/mol. The predicted octanol–water partition coefficient (Wildman–Crippen LogP) is 1.19. The Balaban J connectivity index is 1.48. The van der Waals surface area contributed by atoms with Crippen LogP contribution in [0, 0.1) is 5.92 Å². The highest BCUT2D eigenvalue weighted by atomic mass is 31.2. The SMILES string of the molecule is B[C@@H]1O[C@H](COC(=O)OCc2ccccc2)[C@H](OP(=O)(O)OC)C1CCCNC(=O)CCCCO[C@@H]1O[C@H](COC(C)=O)[C@H](OC(C)=O)[C@H](OC(C)=O)[C@H]1NC(C)=O. The van der Waals surface area contributed by atoms with Gasteiger partial charge in [0.1, 0.15) is 52.0 Å². The average molecular weight is 845 g/mol. The van der Waals surface area contributed by atoms with Gasteiger partial charge < -0.3 is 53.4 Å². The largest absolute Gasteiger partial charge is 0.508 e. The number of unbranched alkanes of at least 4 members (excludes halogenated alkanes) is 1. The van der Waals surface area contributed by atoms with Crippen molar-refractivity contribution in [3.8, 4) is 0 Å². The molecule has 2 unspecified atom stereocenters. The first-order chi connectivity index (χ1) is 27.5. The van der Waals surface area contributed by atoms with Gasteiger partial charge in [-0.2, -0.15) is 0 Å². The molecule has 0 aliphatic carbocycles. The number of carbonyl (C=O) groups excluding carboxylic acids is 6. The molecule has 0 saturated carbocycles. The van der Waals surface area contributed by atoms with Gasteiger partial charge in [0.2, 0.25) is 11.8 Å². The fraction of sp³-hybridized carbons (Fsp3) is 0.667. The van der Waals surface area contributed by atoms with Crippen molar-refractivity contribution in [2.24, 2.45) is 5.92 Å². The van der Waals surface area contributed by atoms with Crippen LogP contribution >= 0.6 is 7.82 Å². The summed E-state index contributed by atoms with van der Waals surface area (Å²) < 4.78 is 66.6. The third kappa shape index (κ3) is 16.6. The highest BCUT2D eigenvalue weighted by Crippen LogP contribution is 2.48. The van der Waals surface area contributed by atoms with Crippen LogP contribution in [0.3, 0.4) is 0 Å². The molecule has 3 N–H and O–H groups in total. The van der Waals surface area contributed by atoms with Crippen LogP contribution < -0.4 is 10.6 Å². The molecule has 0 radical (unpaired) electrons. The van der Waals surface area contributed by atoms with Crippen molar-refractivity contribution < 1.29 is 85.2 Å². The molecule has 324 valence electrons. The van der Waals surface area contributed by atoms with E-state index in [-0.39, 0.29) is 45.3 Å². The van der Waals surface area contributed by atoms with Gasteiger partial charge in [-0.25, -0.2) is 9.36 Å². The number of benzene rings is 1. The van der Waals surface area contributed by atoms with Gasteiger partial charge in [-0.05, 0) is 31.2 Å². The molecule has 0 bridgehead atoms. The Labute approximate surface area is 337 Å². The van der Waals surface area contributed by atoms with Gasteiger partial charge in [0.25, 0.3) is 0 Å². The lowest BCUT2D eigenvalue weighted by molar-refractivity contribution is -0.277. The van der Waals surface area contributed by atoms with E-state index in [0.29, 0.717) is 25.7 Å². The molecule has 2 fully saturated rings. The quantitative estimate of drug-likeness (QED) is 0.0487. The Morgan fingerprint density at radius 3 is 2.12 bits per heavy atom. The number of ether oxygens (including phenoxy) is 8. The summed E-state index contributed by atoms with van der Waals surface area (Å²) in [6.45, 7) is 4.34. The zero-order valence-electron chi connectivity index (χ0n) is 33.5. The molecule has 10 atom stereocenters. The minimum Gasteiger partial charge on any atom is -0.463 e. The van der Waals surface area contributed by atoms with Crippen molar-refractivity contribution >= 4 is 51.5 Å². The maximum absolute atomic E-state index is 12.7. The standard InChI is InChI=1S/C36H54BN2O18P/c1-21(40)39-30-33(54-24(4)43)32(53-23(3)42)28(19-50-22(2)41)56-35(30)49-17-10-9-15-29(44)38-16-11-14-26-31(57-58(46,47)48-5)27(55-34(26)37)20-52-36(45)51-18-25-12-7-6-8-13-25/h6-8,12-13,26-28,30-35H,9-11,14-20,37H2,1-5H3,(H,38,44)(H,39,40)(H,46,47)/t26?,27-,28-,30-,31-,32+,33-,34-,35-/m1/s1. The van der Waals surface area contributed by atoms with E-state index in [1.165, 1.54) is 13.8 Å². The summed E-state index contributed by atoms with van der Waals surface area (Å²) >= 11 is 0. The van der Waals surface area contributed by atoms with E-state index in [2.05, 4.69) is 15.2 Å². The van der Waals surface area contributed by atoms with Gasteiger partial charge in [0.15, 0.2) is 18.5 Å². The van der Waals surface area contributed by atoms with Gasteiger partial charge in [0, 0.05) is 66.3 Å². The van der Waals surface area contributed by atoms with Crippen LogP contribution in [0.1, 0.15) is 65.4 Å². The van der Waals surface area contributed by atoms with Crippen molar-refractivity contribution in [1.29, 1.82) is 0 Å². The minimum atomic E-state index is -4.46. The minimum absolute atomic E-state index is 0.00445. The summed E-state index contributed by atoms with van der Waals surface area (Å²) in [5.41, 5.74) is 0.763. The molecule has 58 heavy (non-hydrogen) atoms. The molecule has 0 aromatic heterocycles. The maximum atomic E-state index is 12.7. The van der Waals surface area contributed by atoms with E-state index in [4.69, 9.17) is 42.4 Å². The molecule has 2 heterocycles. The summed E-state index contributed by atoms with van der Waals surface area (Å²) in [4.78, 5) is 82.7. The van der Waals surface area contributed by atoms with Gasteiger partial charge >= 0.3 is 31.9 Å². The summed E-state index contributed by atoms with van der Waals surface area (Å²) in [7, 11) is -1.67. The van der Waals surface area contributed by atoms with E-state index < -0.39 is 92.6 Å². The number of nitrogens with one attached hydrogen (secondary N) is 2. The van der Waals surface area contributed by atoms with Crippen LogP contribution in [0.4, 0.5) is 4.79 Å². The van der Waals surface area contributed by atoms with E-state index in [0.717, 1.165) is 26.5 Å². The molecule has 1 aromatic carbocycles. The highest BCUT2D eigenvalue weighted by Gasteiger charge is 2.51. The topological polar surface area (TPSA) is 256 Å². The second-order valence-electron chi connectivity index (χ2n) is 13.6. The predicted molar refractivity (Wildman–Crippen MR) is 201 cm³/mol. The Bertz CT molecular complexity index is 1570. The summed E-state index contributed by atoms with van der Waals surface area (Å²) in [5.74, 6) is -3.27. The third-order valence-electron chi connectivity index (χ3n) is 9.02. The number of rotatable bonds is 22. The first-order valence-corrected chi connectivity index (χ1v) is 20.3. The number of carbonyl (C=O) groups is 6.